The summed E-state index contributed by atoms with van der Waals surface area (Å²) in [7, 11) is 0. The van der Waals surface area contributed by atoms with Crippen LogP contribution >= 0.6 is 23.2 Å². The molecule has 2 atom stereocenters. The Morgan fingerprint density at radius 2 is 1.81 bits per heavy atom. The molecule has 1 aromatic carbocycles. The number of benzene rings is 1. The predicted octanol–water partition coefficient (Wildman–Crippen LogP) is 3.42. The monoisotopic (exact) mass is 406 g/mol. The Morgan fingerprint density at radius 1 is 1.11 bits per heavy atom. The van der Waals surface area contributed by atoms with Crippen LogP contribution in [0.3, 0.4) is 0 Å². The summed E-state index contributed by atoms with van der Waals surface area (Å²) in [6, 6.07) is 6.95. The van der Waals surface area contributed by atoms with Gasteiger partial charge in [0.15, 0.2) is 5.78 Å². The molecule has 2 fully saturated rings. The Hall–Kier alpha value is -1.89. The second-order valence-electron chi connectivity index (χ2n) is 7.34. The smallest absolute Gasteiger partial charge is 0.322 e. The van der Waals surface area contributed by atoms with Crippen LogP contribution in [0.5, 0.6) is 0 Å². The summed E-state index contributed by atoms with van der Waals surface area (Å²) < 4.78 is 1.27. The number of likely N-dealkylation sites (tertiary alicyclic amines) is 2. The minimum atomic E-state index is -0.165. The molecule has 2 saturated heterocycles. The van der Waals surface area contributed by atoms with Crippen molar-refractivity contribution in [2.75, 3.05) is 26.2 Å². The number of carbonyl (C=O) groups excluding carboxylic acids is 2. The molecule has 0 radical (unpaired) electrons. The average molecular weight is 407 g/mol. The number of ketones is 1. The molecule has 3 heterocycles. The van der Waals surface area contributed by atoms with Gasteiger partial charge in [-0.3, -0.25) is 9.69 Å². The zero-order valence-corrected chi connectivity index (χ0v) is 16.5. The highest BCUT2D eigenvalue weighted by atomic mass is 35.5. The fourth-order valence-electron chi connectivity index (χ4n) is 4.04. The van der Waals surface area contributed by atoms with E-state index in [0.29, 0.717) is 35.6 Å². The van der Waals surface area contributed by atoms with Gasteiger partial charge in [0, 0.05) is 55.9 Å². The number of fused-ring (bicyclic) bond motifs is 1. The summed E-state index contributed by atoms with van der Waals surface area (Å²) in [6.45, 7) is 5.47. The third-order valence-electron chi connectivity index (χ3n) is 5.38. The van der Waals surface area contributed by atoms with Gasteiger partial charge in [0.05, 0.1) is 0 Å². The minimum Gasteiger partial charge on any atom is -0.322 e. The van der Waals surface area contributed by atoms with Crippen molar-refractivity contribution in [2.24, 2.45) is 11.8 Å². The number of rotatable bonds is 3. The highest BCUT2D eigenvalue weighted by Gasteiger charge is 2.42. The quantitative estimate of drug-likeness (QED) is 0.732. The first-order valence-corrected chi connectivity index (χ1v) is 9.68. The van der Waals surface area contributed by atoms with E-state index < -0.39 is 0 Å². The number of amides is 1. The zero-order chi connectivity index (χ0) is 19.1. The first-order valence-electron chi connectivity index (χ1n) is 8.93. The lowest BCUT2D eigenvalue weighted by Gasteiger charge is -2.21. The van der Waals surface area contributed by atoms with E-state index in [0.717, 1.165) is 30.2 Å². The lowest BCUT2D eigenvalue weighted by molar-refractivity contribution is 0.101. The normalized spacial score (nSPS) is 22.3. The highest BCUT2D eigenvalue weighted by molar-refractivity contribution is 6.33. The number of aromatic nitrogens is 2. The van der Waals surface area contributed by atoms with Crippen molar-refractivity contribution in [3.63, 3.8) is 0 Å². The summed E-state index contributed by atoms with van der Waals surface area (Å²) >= 11 is 12.4. The second-order valence-corrected chi connectivity index (χ2v) is 8.18. The summed E-state index contributed by atoms with van der Waals surface area (Å²) in [5.74, 6) is 0.736. The van der Waals surface area contributed by atoms with E-state index in [9.17, 15) is 9.59 Å². The van der Waals surface area contributed by atoms with Gasteiger partial charge in [-0.15, -0.1) is 0 Å². The Kier molecular flexibility index (Phi) is 4.97. The van der Waals surface area contributed by atoms with Crippen LogP contribution in [-0.2, 0) is 6.54 Å². The van der Waals surface area contributed by atoms with Crippen molar-refractivity contribution < 1.29 is 9.59 Å². The van der Waals surface area contributed by atoms with Crippen molar-refractivity contribution >= 4 is 35.0 Å². The SMILES string of the molecule is CC(=O)c1ccn(C(=O)N2CC3CN(Cc4cc(Cl)ccc4Cl)CC3C2)n1. The van der Waals surface area contributed by atoms with E-state index in [1.165, 1.54) is 11.6 Å². The van der Waals surface area contributed by atoms with Crippen LogP contribution in [0.4, 0.5) is 4.79 Å². The lowest BCUT2D eigenvalue weighted by atomic mass is 10.0. The standard InChI is InChI=1S/C19H20Cl2N4O2/c1-12(26)18-4-5-25(22-18)19(27)24-10-14-8-23(9-15(14)11-24)7-13-6-16(20)2-3-17(13)21/h2-6,14-15H,7-11H2,1H3. The van der Waals surface area contributed by atoms with E-state index in [1.54, 1.807) is 18.3 Å². The largest absolute Gasteiger partial charge is 0.344 e. The van der Waals surface area contributed by atoms with Gasteiger partial charge in [0.2, 0.25) is 0 Å². The first-order chi connectivity index (χ1) is 12.9. The molecule has 0 N–H and O–H groups in total. The Bertz CT molecular complexity index is 884. The van der Waals surface area contributed by atoms with Crippen LogP contribution in [0.2, 0.25) is 10.0 Å². The van der Waals surface area contributed by atoms with Crippen LogP contribution < -0.4 is 0 Å². The molecule has 2 unspecified atom stereocenters. The molecule has 1 amide bonds. The van der Waals surface area contributed by atoms with Crippen LogP contribution in [-0.4, -0.2) is 57.6 Å². The summed E-state index contributed by atoms with van der Waals surface area (Å²) in [5.41, 5.74) is 1.35. The average Bonchev–Trinajstić information content (AvgIpc) is 3.31. The van der Waals surface area contributed by atoms with E-state index in [1.807, 2.05) is 17.0 Å². The molecular weight excluding hydrogens is 387 g/mol. The van der Waals surface area contributed by atoms with Gasteiger partial charge in [0.25, 0.3) is 0 Å². The topological polar surface area (TPSA) is 58.4 Å². The third-order valence-corrected chi connectivity index (χ3v) is 5.98. The Labute approximate surface area is 167 Å². The van der Waals surface area contributed by atoms with Crippen molar-refractivity contribution in [1.82, 2.24) is 19.6 Å². The molecule has 2 aromatic rings. The molecule has 1 aromatic heterocycles. The maximum Gasteiger partial charge on any atom is 0.344 e. The predicted molar refractivity (Wildman–Crippen MR) is 103 cm³/mol. The van der Waals surface area contributed by atoms with Crippen molar-refractivity contribution in [3.05, 3.63) is 51.8 Å². The first kappa shape index (κ1) is 18.5. The zero-order valence-electron chi connectivity index (χ0n) is 14.9. The van der Waals surface area contributed by atoms with E-state index >= 15 is 0 Å². The molecule has 0 spiro atoms. The number of hydrogen-bond acceptors (Lipinski definition) is 4. The fraction of sp³-hybridized carbons (Fsp3) is 0.421. The molecular formula is C19H20Cl2N4O2. The molecule has 2 aliphatic heterocycles. The number of Topliss-reactive ketones (excluding diaryl/α,β-unsaturated/α-hetero) is 1. The fourth-order valence-corrected chi connectivity index (χ4v) is 4.42. The van der Waals surface area contributed by atoms with Gasteiger partial charge in [-0.1, -0.05) is 23.2 Å². The number of carbonyl (C=O) groups is 2. The number of halogens is 2. The summed E-state index contributed by atoms with van der Waals surface area (Å²) in [6.07, 6.45) is 1.56. The molecule has 27 heavy (non-hydrogen) atoms. The minimum absolute atomic E-state index is 0.143. The van der Waals surface area contributed by atoms with Crippen molar-refractivity contribution in [2.45, 2.75) is 13.5 Å². The van der Waals surface area contributed by atoms with Gasteiger partial charge in [0.1, 0.15) is 5.69 Å². The maximum atomic E-state index is 12.6. The van der Waals surface area contributed by atoms with Gasteiger partial charge >= 0.3 is 6.03 Å². The van der Waals surface area contributed by atoms with Gasteiger partial charge in [-0.25, -0.2) is 4.79 Å². The molecule has 2 aliphatic rings. The van der Waals surface area contributed by atoms with Crippen LogP contribution in [0, 0.1) is 11.8 Å². The number of hydrogen-bond donors (Lipinski definition) is 0. The van der Waals surface area contributed by atoms with Crippen molar-refractivity contribution in [1.29, 1.82) is 0 Å². The van der Waals surface area contributed by atoms with Crippen LogP contribution in [0.25, 0.3) is 0 Å². The van der Waals surface area contributed by atoms with Crippen LogP contribution in [0.15, 0.2) is 30.5 Å². The number of nitrogens with zero attached hydrogens (tertiary/aromatic N) is 4. The van der Waals surface area contributed by atoms with Crippen molar-refractivity contribution in [3.8, 4) is 0 Å². The second kappa shape index (κ2) is 7.26. The maximum absolute atomic E-state index is 12.6. The van der Waals surface area contributed by atoms with Gasteiger partial charge < -0.3 is 4.90 Å². The molecule has 8 heteroatoms. The Morgan fingerprint density at radius 3 is 2.44 bits per heavy atom. The van der Waals surface area contributed by atoms with Gasteiger partial charge in [-0.05, 0) is 41.7 Å². The third kappa shape index (κ3) is 3.74. The molecule has 0 bridgehead atoms. The van der Waals surface area contributed by atoms with E-state index in [-0.39, 0.29) is 11.8 Å². The van der Waals surface area contributed by atoms with Gasteiger partial charge in [-0.2, -0.15) is 9.78 Å². The lowest BCUT2D eigenvalue weighted by Crippen LogP contribution is -2.36. The Balaban J connectivity index is 1.37. The molecule has 0 aliphatic carbocycles. The highest BCUT2D eigenvalue weighted by Crippen LogP contribution is 2.33. The molecule has 4 rings (SSSR count). The molecule has 142 valence electrons. The van der Waals surface area contributed by atoms with E-state index in [4.69, 9.17) is 23.2 Å². The van der Waals surface area contributed by atoms with Crippen LogP contribution in [0.1, 0.15) is 23.0 Å². The summed E-state index contributed by atoms with van der Waals surface area (Å²) in [4.78, 5) is 28.2. The molecule has 6 nitrogen and oxygen atoms in total. The molecule has 0 saturated carbocycles. The van der Waals surface area contributed by atoms with E-state index in [2.05, 4.69) is 10.00 Å². The summed E-state index contributed by atoms with van der Waals surface area (Å²) in [5, 5.41) is 5.49.